The molecule has 0 amide bonds. The van der Waals surface area contributed by atoms with Crippen molar-refractivity contribution in [3.05, 3.63) is 72.5 Å². The first-order chi connectivity index (χ1) is 12.2. The maximum absolute atomic E-state index is 13.7. The van der Waals surface area contributed by atoms with E-state index < -0.39 is 5.82 Å². The molecule has 1 heterocycles. The minimum Gasteiger partial charge on any atom is -0.497 e. The molecule has 0 saturated heterocycles. The summed E-state index contributed by atoms with van der Waals surface area (Å²) in [5.74, 6) is 1.13. The molecule has 0 saturated carbocycles. The normalized spacial score (nSPS) is 10.8. The summed E-state index contributed by atoms with van der Waals surface area (Å²) in [7, 11) is 1.63. The molecule has 0 fully saturated rings. The maximum Gasteiger partial charge on any atom is 0.165 e. The average molecular weight is 334 g/mol. The smallest absolute Gasteiger partial charge is 0.165 e. The number of fused-ring (bicyclic) bond motifs is 1. The summed E-state index contributed by atoms with van der Waals surface area (Å²) in [5, 5.41) is 8.36. The van der Waals surface area contributed by atoms with Crippen LogP contribution in [-0.2, 0) is 0 Å². The van der Waals surface area contributed by atoms with Crippen LogP contribution in [0, 0.1) is 5.82 Å². The second-order valence-corrected chi connectivity index (χ2v) is 5.54. The Labute approximate surface area is 143 Å². The van der Waals surface area contributed by atoms with Gasteiger partial charge in [-0.1, -0.05) is 12.1 Å². The van der Waals surface area contributed by atoms with Crippen LogP contribution in [0.25, 0.3) is 22.2 Å². The van der Waals surface area contributed by atoms with E-state index in [1.165, 1.54) is 6.07 Å². The molecule has 5 heteroatoms. The van der Waals surface area contributed by atoms with Crippen LogP contribution in [0.15, 0.2) is 66.7 Å². The van der Waals surface area contributed by atoms with Gasteiger partial charge in [-0.2, -0.15) is 5.10 Å². The number of halogens is 1. The number of para-hydroxylation sites is 1. The van der Waals surface area contributed by atoms with Crippen LogP contribution in [-0.4, -0.2) is 17.3 Å². The monoisotopic (exact) mass is 334 g/mol. The van der Waals surface area contributed by atoms with Gasteiger partial charge in [-0.05, 0) is 48.5 Å². The zero-order valence-corrected chi connectivity index (χ0v) is 13.5. The molecular weight excluding hydrogens is 319 g/mol. The van der Waals surface area contributed by atoms with Crippen LogP contribution in [0.1, 0.15) is 0 Å². The average Bonchev–Trinajstić information content (AvgIpc) is 3.07. The molecule has 0 bridgehead atoms. The fourth-order valence-electron chi connectivity index (χ4n) is 2.69. The minimum atomic E-state index is -0.397. The van der Waals surface area contributed by atoms with Gasteiger partial charge >= 0.3 is 0 Å². The lowest BCUT2D eigenvalue weighted by atomic mass is 10.1. The highest BCUT2D eigenvalue weighted by molar-refractivity contribution is 5.93. The van der Waals surface area contributed by atoms with Gasteiger partial charge in [0.1, 0.15) is 11.5 Å². The summed E-state index contributed by atoms with van der Waals surface area (Å²) in [6.45, 7) is 0. The summed E-state index contributed by atoms with van der Waals surface area (Å²) in [4.78, 5) is 0. The number of nitrogens with one attached hydrogen (secondary N) is 1. The molecule has 4 rings (SSSR count). The number of methoxy groups -OCH3 is 1. The molecule has 0 radical (unpaired) electrons. The van der Waals surface area contributed by atoms with Gasteiger partial charge < -0.3 is 9.47 Å². The lowest BCUT2D eigenvalue weighted by molar-refractivity contribution is 0.415. The first-order valence-corrected chi connectivity index (χ1v) is 7.79. The Hall–Kier alpha value is -3.34. The highest BCUT2D eigenvalue weighted by Crippen LogP contribution is 2.31. The third-order valence-corrected chi connectivity index (χ3v) is 3.96. The number of aromatic nitrogens is 2. The Bertz CT molecular complexity index is 1030. The second kappa shape index (κ2) is 6.28. The number of hydrogen-bond acceptors (Lipinski definition) is 3. The third-order valence-electron chi connectivity index (χ3n) is 3.96. The number of rotatable bonds is 4. The SMILES string of the molecule is COc1ccc(-c2n[nH]c3cc(Oc4ccccc4F)ccc23)cc1. The Morgan fingerprint density at radius 3 is 2.44 bits per heavy atom. The standard InChI is InChI=1S/C20H15FN2O2/c1-24-14-8-6-13(7-9-14)20-16-11-10-15(12-18(16)22-23-20)25-19-5-3-2-4-17(19)21/h2-12H,1H3,(H,22,23). The number of benzene rings is 3. The van der Waals surface area contributed by atoms with Crippen molar-refractivity contribution in [2.45, 2.75) is 0 Å². The van der Waals surface area contributed by atoms with Crippen LogP contribution >= 0.6 is 0 Å². The Kier molecular flexibility index (Phi) is 3.82. The predicted molar refractivity (Wildman–Crippen MR) is 94.6 cm³/mol. The van der Waals surface area contributed by atoms with Crippen LogP contribution in [0.2, 0.25) is 0 Å². The van der Waals surface area contributed by atoms with Crippen LogP contribution < -0.4 is 9.47 Å². The van der Waals surface area contributed by atoms with Gasteiger partial charge in [0.15, 0.2) is 11.6 Å². The van der Waals surface area contributed by atoms with Crippen molar-refractivity contribution in [1.82, 2.24) is 10.2 Å². The summed E-state index contributed by atoms with van der Waals surface area (Å²) in [6.07, 6.45) is 0. The number of aromatic amines is 1. The Balaban J connectivity index is 1.67. The Morgan fingerprint density at radius 2 is 1.68 bits per heavy atom. The highest BCUT2D eigenvalue weighted by Gasteiger charge is 2.10. The van der Waals surface area contributed by atoms with Crippen molar-refractivity contribution in [1.29, 1.82) is 0 Å². The molecule has 124 valence electrons. The van der Waals surface area contributed by atoms with E-state index in [0.717, 1.165) is 27.9 Å². The molecular formula is C20H15FN2O2. The van der Waals surface area contributed by atoms with E-state index in [4.69, 9.17) is 9.47 Å². The van der Waals surface area contributed by atoms with Crippen molar-refractivity contribution in [3.8, 4) is 28.5 Å². The molecule has 4 aromatic rings. The van der Waals surface area contributed by atoms with E-state index in [9.17, 15) is 4.39 Å². The minimum absolute atomic E-state index is 0.191. The number of H-pyrrole nitrogens is 1. The predicted octanol–water partition coefficient (Wildman–Crippen LogP) is 5.17. The lowest BCUT2D eigenvalue weighted by Crippen LogP contribution is -1.87. The first kappa shape index (κ1) is 15.2. The van der Waals surface area contributed by atoms with Gasteiger partial charge in [0.2, 0.25) is 0 Å². The van der Waals surface area contributed by atoms with Gasteiger partial charge in [0.25, 0.3) is 0 Å². The first-order valence-electron chi connectivity index (χ1n) is 7.79. The van der Waals surface area contributed by atoms with E-state index in [1.54, 1.807) is 31.4 Å². The quantitative estimate of drug-likeness (QED) is 0.560. The third kappa shape index (κ3) is 2.92. The largest absolute Gasteiger partial charge is 0.497 e. The summed E-state index contributed by atoms with van der Waals surface area (Å²) >= 11 is 0. The second-order valence-electron chi connectivity index (χ2n) is 5.54. The van der Waals surface area contributed by atoms with Gasteiger partial charge in [-0.25, -0.2) is 4.39 Å². The molecule has 3 aromatic carbocycles. The van der Waals surface area contributed by atoms with E-state index in [0.29, 0.717) is 5.75 Å². The zero-order chi connectivity index (χ0) is 17.2. The molecule has 0 aliphatic rings. The van der Waals surface area contributed by atoms with E-state index >= 15 is 0 Å². The maximum atomic E-state index is 13.7. The van der Waals surface area contributed by atoms with Gasteiger partial charge in [0, 0.05) is 17.0 Å². The number of ether oxygens (including phenoxy) is 2. The molecule has 4 nitrogen and oxygen atoms in total. The summed E-state index contributed by atoms with van der Waals surface area (Å²) in [5.41, 5.74) is 2.64. The van der Waals surface area contributed by atoms with Crippen molar-refractivity contribution in [3.63, 3.8) is 0 Å². The number of nitrogens with zero attached hydrogens (tertiary/aromatic N) is 1. The molecule has 0 unspecified atom stereocenters. The summed E-state index contributed by atoms with van der Waals surface area (Å²) < 4.78 is 24.5. The van der Waals surface area contributed by atoms with Crippen molar-refractivity contribution in [2.75, 3.05) is 7.11 Å². The van der Waals surface area contributed by atoms with Crippen LogP contribution in [0.4, 0.5) is 4.39 Å². The molecule has 0 spiro atoms. The lowest BCUT2D eigenvalue weighted by Gasteiger charge is -2.06. The fourth-order valence-corrected chi connectivity index (χ4v) is 2.69. The van der Waals surface area contributed by atoms with Crippen LogP contribution in [0.5, 0.6) is 17.2 Å². The van der Waals surface area contributed by atoms with Crippen LogP contribution in [0.3, 0.4) is 0 Å². The van der Waals surface area contributed by atoms with Gasteiger partial charge in [-0.3, -0.25) is 5.10 Å². The molecule has 0 atom stereocenters. The molecule has 0 aliphatic heterocycles. The van der Waals surface area contributed by atoms with Crippen molar-refractivity contribution >= 4 is 10.9 Å². The van der Waals surface area contributed by atoms with E-state index in [2.05, 4.69) is 10.2 Å². The molecule has 0 aliphatic carbocycles. The topological polar surface area (TPSA) is 47.1 Å². The summed E-state index contributed by atoms with van der Waals surface area (Å²) in [6, 6.07) is 19.5. The van der Waals surface area contributed by atoms with Crippen molar-refractivity contribution < 1.29 is 13.9 Å². The van der Waals surface area contributed by atoms with Gasteiger partial charge in [0.05, 0.1) is 18.3 Å². The van der Waals surface area contributed by atoms with Crippen molar-refractivity contribution in [2.24, 2.45) is 0 Å². The molecule has 1 N–H and O–H groups in total. The van der Waals surface area contributed by atoms with Gasteiger partial charge in [-0.15, -0.1) is 0 Å². The van der Waals surface area contributed by atoms with E-state index in [-0.39, 0.29) is 5.75 Å². The highest BCUT2D eigenvalue weighted by atomic mass is 19.1. The van der Waals surface area contributed by atoms with E-state index in [1.807, 2.05) is 36.4 Å². The molecule has 1 aromatic heterocycles. The fraction of sp³-hybridized carbons (Fsp3) is 0.0500. The zero-order valence-electron chi connectivity index (χ0n) is 13.5. The Morgan fingerprint density at radius 1 is 0.920 bits per heavy atom. The molecule has 25 heavy (non-hydrogen) atoms. The number of hydrogen-bond donors (Lipinski definition) is 1.